The molecule has 5 nitrogen and oxygen atoms in total. The number of nitrogens with zero attached hydrogens (tertiary/aromatic N) is 3. The number of nitrogens with one attached hydrogen (secondary N) is 1. The molecule has 0 spiro atoms. The van der Waals surface area contributed by atoms with E-state index in [2.05, 4.69) is 10.4 Å². The second-order valence-electron chi connectivity index (χ2n) is 3.33. The maximum atomic E-state index is 11.7. The van der Waals surface area contributed by atoms with Crippen LogP contribution in [-0.4, -0.2) is 21.7 Å². The molecule has 0 aromatic carbocycles. The first-order valence-electron chi connectivity index (χ1n) is 4.79. The smallest absolute Gasteiger partial charge is 0.255 e. The summed E-state index contributed by atoms with van der Waals surface area (Å²) < 4.78 is 1.63. The van der Waals surface area contributed by atoms with Crippen molar-refractivity contribution in [2.75, 3.05) is 0 Å². The summed E-state index contributed by atoms with van der Waals surface area (Å²) in [7, 11) is 1.77. The van der Waals surface area contributed by atoms with Gasteiger partial charge in [-0.2, -0.15) is 10.4 Å². The summed E-state index contributed by atoms with van der Waals surface area (Å²) in [5, 5.41) is 15.3. The number of carbonyl (C=O) groups is 1. The van der Waals surface area contributed by atoms with Crippen molar-refractivity contribution in [2.45, 2.75) is 26.3 Å². The van der Waals surface area contributed by atoms with Gasteiger partial charge >= 0.3 is 0 Å². The average molecular weight is 206 g/mol. The van der Waals surface area contributed by atoms with Crippen LogP contribution in [0.2, 0.25) is 0 Å². The Morgan fingerprint density at radius 2 is 2.47 bits per heavy atom. The first-order chi connectivity index (χ1) is 7.10. The van der Waals surface area contributed by atoms with Gasteiger partial charge in [0, 0.05) is 12.7 Å². The van der Waals surface area contributed by atoms with E-state index in [1.807, 2.05) is 19.9 Å². The Morgan fingerprint density at radius 1 is 1.80 bits per heavy atom. The van der Waals surface area contributed by atoms with Crippen LogP contribution in [0.1, 0.15) is 29.4 Å². The normalized spacial score (nSPS) is 11.9. The zero-order valence-corrected chi connectivity index (χ0v) is 9.11. The Balaban J connectivity index is 2.78. The molecule has 0 radical (unpaired) electrons. The molecule has 1 rings (SSSR count). The van der Waals surface area contributed by atoms with Crippen LogP contribution < -0.4 is 5.32 Å². The van der Waals surface area contributed by atoms with Crippen LogP contribution in [-0.2, 0) is 7.05 Å². The summed E-state index contributed by atoms with van der Waals surface area (Å²) in [6, 6.07) is 1.59. The highest BCUT2D eigenvalue weighted by Crippen LogP contribution is 2.05. The molecule has 1 unspecified atom stereocenters. The molecule has 1 atom stereocenters. The third-order valence-electron chi connectivity index (χ3n) is 2.35. The molecule has 0 saturated heterocycles. The van der Waals surface area contributed by atoms with Crippen molar-refractivity contribution in [3.63, 3.8) is 0 Å². The second-order valence-corrected chi connectivity index (χ2v) is 3.33. The first-order valence-corrected chi connectivity index (χ1v) is 4.79. The minimum absolute atomic E-state index is 0.242. The number of hydrogen-bond donors (Lipinski definition) is 1. The molecule has 1 aromatic heterocycles. The van der Waals surface area contributed by atoms with Crippen molar-refractivity contribution < 1.29 is 4.79 Å². The van der Waals surface area contributed by atoms with Crippen molar-refractivity contribution >= 4 is 5.91 Å². The Kier molecular flexibility index (Phi) is 3.45. The zero-order valence-electron chi connectivity index (χ0n) is 9.11. The fraction of sp³-hybridized carbons (Fsp3) is 0.500. The maximum absolute atomic E-state index is 11.7. The summed E-state index contributed by atoms with van der Waals surface area (Å²) in [6.45, 7) is 3.67. The van der Waals surface area contributed by atoms with Gasteiger partial charge in [-0.15, -0.1) is 0 Å². The van der Waals surface area contributed by atoms with Gasteiger partial charge in [-0.3, -0.25) is 9.48 Å². The Morgan fingerprint density at radius 3 is 2.87 bits per heavy atom. The molecular weight excluding hydrogens is 192 g/mol. The fourth-order valence-electron chi connectivity index (χ4n) is 1.18. The zero-order chi connectivity index (χ0) is 11.4. The third-order valence-corrected chi connectivity index (χ3v) is 2.35. The fourth-order valence-corrected chi connectivity index (χ4v) is 1.18. The van der Waals surface area contributed by atoms with Crippen LogP contribution in [0.15, 0.2) is 6.20 Å². The van der Waals surface area contributed by atoms with E-state index in [9.17, 15) is 4.79 Å². The molecule has 0 aliphatic rings. The lowest BCUT2D eigenvalue weighted by molar-refractivity contribution is 0.0944. The highest BCUT2D eigenvalue weighted by atomic mass is 16.1. The standard InChI is InChI=1S/C10H14N4O/c1-4-8(5-11)13-10(15)9-6-12-14(3)7(9)2/h6,8H,4H2,1-3H3,(H,13,15). The number of hydrogen-bond acceptors (Lipinski definition) is 3. The molecule has 80 valence electrons. The lowest BCUT2D eigenvalue weighted by atomic mass is 10.2. The van der Waals surface area contributed by atoms with Crippen molar-refractivity contribution in [1.82, 2.24) is 15.1 Å². The van der Waals surface area contributed by atoms with Crippen LogP contribution in [0, 0.1) is 18.3 Å². The van der Waals surface area contributed by atoms with Gasteiger partial charge in [-0.1, -0.05) is 6.92 Å². The molecule has 0 aliphatic carbocycles. The second kappa shape index (κ2) is 4.60. The van der Waals surface area contributed by atoms with E-state index in [1.54, 1.807) is 11.7 Å². The van der Waals surface area contributed by atoms with Crippen molar-refractivity contribution in [3.05, 3.63) is 17.5 Å². The van der Waals surface area contributed by atoms with Crippen molar-refractivity contribution in [1.29, 1.82) is 5.26 Å². The van der Waals surface area contributed by atoms with Gasteiger partial charge in [0.25, 0.3) is 5.91 Å². The summed E-state index contributed by atoms with van der Waals surface area (Å²) in [5.74, 6) is -0.242. The molecular formula is C10H14N4O. The van der Waals surface area contributed by atoms with Gasteiger partial charge in [-0.05, 0) is 13.3 Å². The number of aromatic nitrogens is 2. The number of aryl methyl sites for hydroxylation is 1. The molecule has 15 heavy (non-hydrogen) atoms. The summed E-state index contributed by atoms with van der Waals surface area (Å²) >= 11 is 0. The van der Waals surface area contributed by atoms with E-state index >= 15 is 0 Å². The van der Waals surface area contributed by atoms with Crippen molar-refractivity contribution in [3.8, 4) is 6.07 Å². The minimum atomic E-state index is -0.433. The molecule has 1 aromatic rings. The highest BCUT2D eigenvalue weighted by molar-refractivity contribution is 5.95. The van der Waals surface area contributed by atoms with Gasteiger partial charge in [0.1, 0.15) is 6.04 Å². The summed E-state index contributed by atoms with van der Waals surface area (Å²) in [5.41, 5.74) is 1.31. The Bertz CT molecular complexity index is 402. The van der Waals surface area contributed by atoms with Crippen molar-refractivity contribution in [2.24, 2.45) is 7.05 Å². The van der Waals surface area contributed by atoms with E-state index in [0.29, 0.717) is 12.0 Å². The largest absolute Gasteiger partial charge is 0.336 e. The van der Waals surface area contributed by atoms with Crippen LogP contribution in [0.4, 0.5) is 0 Å². The van der Waals surface area contributed by atoms with Gasteiger partial charge in [0.05, 0.1) is 17.8 Å². The van der Waals surface area contributed by atoms with E-state index in [-0.39, 0.29) is 5.91 Å². The van der Waals surface area contributed by atoms with Crippen LogP contribution >= 0.6 is 0 Å². The molecule has 1 heterocycles. The SMILES string of the molecule is CCC(C#N)NC(=O)c1cnn(C)c1C. The quantitative estimate of drug-likeness (QED) is 0.793. The number of carbonyl (C=O) groups excluding carboxylic acids is 1. The monoisotopic (exact) mass is 206 g/mol. The van der Waals surface area contributed by atoms with Crippen LogP contribution in [0.25, 0.3) is 0 Å². The summed E-state index contributed by atoms with van der Waals surface area (Å²) in [4.78, 5) is 11.7. The molecule has 1 N–H and O–H groups in total. The molecule has 1 amide bonds. The predicted octanol–water partition coefficient (Wildman–Crippen LogP) is 0.760. The molecule has 0 bridgehead atoms. The van der Waals surface area contributed by atoms with E-state index < -0.39 is 6.04 Å². The maximum Gasteiger partial charge on any atom is 0.255 e. The molecule has 0 saturated carbocycles. The summed E-state index contributed by atoms with van der Waals surface area (Å²) in [6.07, 6.45) is 2.11. The third kappa shape index (κ3) is 2.34. The van der Waals surface area contributed by atoms with E-state index in [1.165, 1.54) is 6.20 Å². The lowest BCUT2D eigenvalue weighted by Crippen LogP contribution is -2.33. The van der Waals surface area contributed by atoms with E-state index in [0.717, 1.165) is 5.69 Å². The van der Waals surface area contributed by atoms with E-state index in [4.69, 9.17) is 5.26 Å². The first kappa shape index (κ1) is 11.2. The number of nitriles is 1. The molecule has 0 aliphatic heterocycles. The number of amides is 1. The van der Waals surface area contributed by atoms with Crippen LogP contribution in [0.5, 0.6) is 0 Å². The molecule has 0 fully saturated rings. The average Bonchev–Trinajstić information content (AvgIpc) is 2.56. The van der Waals surface area contributed by atoms with Gasteiger partial charge in [0.2, 0.25) is 0 Å². The predicted molar refractivity (Wildman–Crippen MR) is 55.1 cm³/mol. The Hall–Kier alpha value is -1.83. The lowest BCUT2D eigenvalue weighted by Gasteiger charge is -2.08. The van der Waals surface area contributed by atoms with Gasteiger partial charge in [-0.25, -0.2) is 0 Å². The Labute approximate surface area is 88.7 Å². The van der Waals surface area contributed by atoms with Crippen LogP contribution in [0.3, 0.4) is 0 Å². The minimum Gasteiger partial charge on any atom is -0.336 e. The topological polar surface area (TPSA) is 70.7 Å². The molecule has 5 heteroatoms. The van der Waals surface area contributed by atoms with Gasteiger partial charge < -0.3 is 5.32 Å². The highest BCUT2D eigenvalue weighted by Gasteiger charge is 2.15. The van der Waals surface area contributed by atoms with Gasteiger partial charge in [0.15, 0.2) is 0 Å². The number of rotatable bonds is 3.